The molecule has 1 amide bonds. The highest BCUT2D eigenvalue weighted by molar-refractivity contribution is 6.32. The average Bonchev–Trinajstić information content (AvgIpc) is 3.41. The van der Waals surface area contributed by atoms with Crippen molar-refractivity contribution in [2.24, 2.45) is 0 Å². The largest absolute Gasteiger partial charge is 0.506 e. The maximum Gasteiger partial charge on any atom is 0.453 e. The quantitative estimate of drug-likeness (QED) is 0.310. The number of anilines is 2. The van der Waals surface area contributed by atoms with Crippen LogP contribution in [0, 0.1) is 0 Å². The number of benzene rings is 1. The standard InChI is InChI=1S/C23H17ClF5N7O2/c1-21(10-2-3-11(24)14(37)8-10)15-16(30)33-17(34-18(15)35-20(21)38)13-9-36-7-6-31-19(36)12(32-13)4-5-22(25,26)23(27,28)29/h2-3,6-9,37H,4-5H2,1H3,(H3,30,33,34,35,38). The summed E-state index contributed by atoms with van der Waals surface area (Å²) in [5.41, 5.74) is 5.40. The van der Waals surface area contributed by atoms with Crippen LogP contribution >= 0.6 is 11.6 Å². The number of nitrogens with zero attached hydrogens (tertiary/aromatic N) is 5. The summed E-state index contributed by atoms with van der Waals surface area (Å²) in [7, 11) is 0. The Kier molecular flexibility index (Phi) is 5.71. The van der Waals surface area contributed by atoms with E-state index in [-0.39, 0.29) is 50.8 Å². The minimum Gasteiger partial charge on any atom is -0.506 e. The first-order chi connectivity index (χ1) is 17.7. The highest BCUT2D eigenvalue weighted by Crippen LogP contribution is 2.46. The molecule has 0 bridgehead atoms. The Morgan fingerprint density at radius 3 is 2.61 bits per heavy atom. The van der Waals surface area contributed by atoms with E-state index in [0.29, 0.717) is 5.56 Å². The molecule has 1 aliphatic rings. The van der Waals surface area contributed by atoms with Gasteiger partial charge in [-0.15, -0.1) is 0 Å². The molecule has 0 radical (unpaired) electrons. The molecule has 1 unspecified atom stereocenters. The molecule has 38 heavy (non-hydrogen) atoms. The number of carbonyl (C=O) groups excluding carboxylic acids is 1. The lowest BCUT2D eigenvalue weighted by atomic mass is 9.77. The zero-order valence-electron chi connectivity index (χ0n) is 19.3. The van der Waals surface area contributed by atoms with Gasteiger partial charge in [-0.2, -0.15) is 22.0 Å². The molecule has 0 saturated heterocycles. The second-order valence-corrected chi connectivity index (χ2v) is 9.24. The van der Waals surface area contributed by atoms with Gasteiger partial charge in [-0.05, 0) is 31.0 Å². The number of carbonyl (C=O) groups is 1. The number of phenolic OH excluding ortho intramolecular Hbond substituents is 1. The Balaban J connectivity index is 1.57. The van der Waals surface area contributed by atoms with Gasteiger partial charge < -0.3 is 20.6 Å². The summed E-state index contributed by atoms with van der Waals surface area (Å²) in [6.07, 6.45) is -3.80. The number of imidazole rings is 1. The van der Waals surface area contributed by atoms with Gasteiger partial charge in [0.1, 0.15) is 28.5 Å². The summed E-state index contributed by atoms with van der Waals surface area (Å²) in [6.45, 7) is 1.56. The number of hydrogen-bond acceptors (Lipinski definition) is 7. The predicted octanol–water partition coefficient (Wildman–Crippen LogP) is 4.52. The van der Waals surface area contributed by atoms with Crippen molar-refractivity contribution < 1.29 is 31.9 Å². The van der Waals surface area contributed by atoms with E-state index in [0.717, 1.165) is 0 Å². The zero-order valence-corrected chi connectivity index (χ0v) is 20.1. The summed E-state index contributed by atoms with van der Waals surface area (Å²) in [6, 6.07) is 4.28. The van der Waals surface area contributed by atoms with Crippen LogP contribution in [0.1, 0.15) is 30.2 Å². The van der Waals surface area contributed by atoms with Crippen LogP contribution in [0.2, 0.25) is 5.02 Å². The van der Waals surface area contributed by atoms with E-state index in [4.69, 9.17) is 17.3 Å². The second-order valence-electron chi connectivity index (χ2n) is 8.83. The molecule has 1 aromatic carbocycles. The average molecular weight is 554 g/mol. The Morgan fingerprint density at radius 1 is 1.18 bits per heavy atom. The van der Waals surface area contributed by atoms with E-state index in [1.807, 2.05) is 0 Å². The molecule has 4 aromatic rings. The van der Waals surface area contributed by atoms with Gasteiger partial charge >= 0.3 is 12.1 Å². The molecule has 0 saturated carbocycles. The van der Waals surface area contributed by atoms with Gasteiger partial charge in [0, 0.05) is 25.0 Å². The first-order valence-corrected chi connectivity index (χ1v) is 11.4. The van der Waals surface area contributed by atoms with Gasteiger partial charge in [0.2, 0.25) is 5.91 Å². The third-order valence-electron chi connectivity index (χ3n) is 6.41. The lowest BCUT2D eigenvalue weighted by Gasteiger charge is -2.23. The van der Waals surface area contributed by atoms with E-state index in [1.165, 1.54) is 35.1 Å². The SMILES string of the molecule is CC1(c2ccc(Cl)c(O)c2)C(=O)Nc2nc(-c3cn4ccnc4c(CCC(F)(F)C(F)(F)F)n3)nc(N)c21. The number of aromatic nitrogens is 5. The number of aryl methyl sites for hydroxylation is 1. The van der Waals surface area contributed by atoms with Crippen LogP contribution in [-0.2, 0) is 16.6 Å². The molecule has 4 heterocycles. The van der Waals surface area contributed by atoms with Gasteiger partial charge in [0.25, 0.3) is 0 Å². The Labute approximate surface area is 215 Å². The molecular weight excluding hydrogens is 537 g/mol. The monoisotopic (exact) mass is 553 g/mol. The Hall–Kier alpha value is -4.07. The number of amides is 1. The Bertz CT molecular complexity index is 1610. The van der Waals surface area contributed by atoms with Crippen molar-refractivity contribution in [3.05, 3.63) is 58.6 Å². The van der Waals surface area contributed by atoms with Crippen LogP contribution in [0.5, 0.6) is 5.75 Å². The summed E-state index contributed by atoms with van der Waals surface area (Å²) < 4.78 is 66.6. The number of alkyl halides is 5. The third kappa shape index (κ3) is 3.95. The van der Waals surface area contributed by atoms with Crippen molar-refractivity contribution in [2.45, 2.75) is 37.3 Å². The smallest absolute Gasteiger partial charge is 0.453 e. The van der Waals surface area contributed by atoms with Crippen LogP contribution in [-0.4, -0.2) is 47.4 Å². The van der Waals surface area contributed by atoms with E-state index >= 15 is 0 Å². The fourth-order valence-electron chi connectivity index (χ4n) is 4.31. The molecule has 9 nitrogen and oxygen atoms in total. The summed E-state index contributed by atoms with van der Waals surface area (Å²) >= 11 is 5.89. The molecular formula is C23H17ClF5N7O2. The van der Waals surface area contributed by atoms with Gasteiger partial charge in [0.15, 0.2) is 11.5 Å². The van der Waals surface area contributed by atoms with E-state index in [1.54, 1.807) is 13.0 Å². The van der Waals surface area contributed by atoms with Crippen molar-refractivity contribution in [3.8, 4) is 17.3 Å². The maximum absolute atomic E-state index is 13.6. The van der Waals surface area contributed by atoms with Crippen molar-refractivity contribution in [3.63, 3.8) is 0 Å². The van der Waals surface area contributed by atoms with Crippen LogP contribution < -0.4 is 11.1 Å². The molecule has 3 aromatic heterocycles. The highest BCUT2D eigenvalue weighted by Gasteiger charge is 2.56. The Morgan fingerprint density at radius 2 is 1.92 bits per heavy atom. The van der Waals surface area contributed by atoms with Crippen molar-refractivity contribution in [1.82, 2.24) is 24.3 Å². The minimum absolute atomic E-state index is 0.00214. The summed E-state index contributed by atoms with van der Waals surface area (Å²) in [5.74, 6) is -5.85. The van der Waals surface area contributed by atoms with Crippen molar-refractivity contribution in [1.29, 1.82) is 0 Å². The van der Waals surface area contributed by atoms with E-state index in [9.17, 15) is 31.9 Å². The van der Waals surface area contributed by atoms with Crippen LogP contribution in [0.4, 0.5) is 33.6 Å². The fraction of sp³-hybridized carbons (Fsp3) is 0.261. The van der Waals surface area contributed by atoms with Crippen LogP contribution in [0.3, 0.4) is 0 Å². The number of hydrogen-bond donors (Lipinski definition) is 3. The van der Waals surface area contributed by atoms with Crippen molar-refractivity contribution in [2.75, 3.05) is 11.1 Å². The molecule has 4 N–H and O–H groups in total. The first kappa shape index (κ1) is 25.6. The number of aromatic hydroxyl groups is 1. The lowest BCUT2D eigenvalue weighted by Crippen LogP contribution is -2.36. The zero-order chi connectivity index (χ0) is 27.6. The highest BCUT2D eigenvalue weighted by atomic mass is 35.5. The maximum atomic E-state index is 13.6. The topological polar surface area (TPSA) is 131 Å². The number of rotatable bonds is 5. The number of phenols is 1. The molecule has 1 atom stereocenters. The molecule has 1 aliphatic heterocycles. The summed E-state index contributed by atoms with van der Waals surface area (Å²) in [4.78, 5) is 29.9. The van der Waals surface area contributed by atoms with E-state index in [2.05, 4.69) is 25.3 Å². The molecule has 15 heteroatoms. The first-order valence-electron chi connectivity index (χ1n) is 11.0. The summed E-state index contributed by atoms with van der Waals surface area (Å²) in [5, 5.41) is 12.8. The number of nitrogens with one attached hydrogen (secondary N) is 1. The van der Waals surface area contributed by atoms with Gasteiger partial charge in [0.05, 0.1) is 16.3 Å². The molecule has 0 spiro atoms. The lowest BCUT2D eigenvalue weighted by molar-refractivity contribution is -0.284. The minimum atomic E-state index is -5.71. The number of nitrogens with two attached hydrogens (primary N) is 1. The van der Waals surface area contributed by atoms with E-state index < -0.39 is 36.3 Å². The van der Waals surface area contributed by atoms with Gasteiger partial charge in [-0.1, -0.05) is 17.7 Å². The predicted molar refractivity (Wildman–Crippen MR) is 126 cm³/mol. The van der Waals surface area contributed by atoms with Crippen LogP contribution in [0.15, 0.2) is 36.8 Å². The second kappa shape index (κ2) is 8.48. The third-order valence-corrected chi connectivity index (χ3v) is 6.73. The molecule has 5 rings (SSSR count). The molecule has 0 fully saturated rings. The van der Waals surface area contributed by atoms with Crippen LogP contribution in [0.25, 0.3) is 17.2 Å². The normalized spacial score (nSPS) is 17.6. The fourth-order valence-corrected chi connectivity index (χ4v) is 4.43. The molecule has 0 aliphatic carbocycles. The number of nitrogen functional groups attached to an aromatic ring is 1. The van der Waals surface area contributed by atoms with Gasteiger partial charge in [-0.3, -0.25) is 4.79 Å². The number of halogens is 6. The number of fused-ring (bicyclic) bond motifs is 2. The molecule has 198 valence electrons. The van der Waals surface area contributed by atoms with Crippen molar-refractivity contribution >= 4 is 34.8 Å². The van der Waals surface area contributed by atoms with Gasteiger partial charge in [-0.25, -0.2) is 19.9 Å².